The van der Waals surface area contributed by atoms with Crippen LogP contribution < -0.4 is 0 Å². The molecule has 71 heavy (non-hydrogen) atoms. The summed E-state index contributed by atoms with van der Waals surface area (Å²) in [7, 11) is 0. The molecule has 0 amide bonds. The van der Waals surface area contributed by atoms with E-state index in [9.17, 15) is 34.5 Å². The van der Waals surface area contributed by atoms with Crippen molar-refractivity contribution in [3.8, 4) is 0 Å². The average Bonchev–Trinajstić information content (AvgIpc) is 3.35. The zero-order valence-corrected chi connectivity index (χ0v) is 43.7. The van der Waals surface area contributed by atoms with E-state index >= 15 is 0 Å². The Balaban J connectivity index is 2.76. The van der Waals surface area contributed by atoms with Crippen LogP contribution in [0.15, 0.2) is 109 Å². The van der Waals surface area contributed by atoms with Crippen LogP contribution in [0.4, 0.5) is 0 Å². The normalized spacial score (nSPS) is 19.4. The monoisotopic (exact) mass is 993 g/mol. The van der Waals surface area contributed by atoms with Crippen molar-refractivity contribution in [2.75, 3.05) is 13.2 Å². The summed E-state index contributed by atoms with van der Waals surface area (Å²) in [6.45, 7) is 5.64. The molecule has 12 nitrogen and oxygen atoms in total. The number of carbonyl (C=O) groups is 4. The Bertz CT molecular complexity index is 1650. The van der Waals surface area contributed by atoms with Gasteiger partial charge in [-0.2, -0.15) is 0 Å². The van der Waals surface area contributed by atoms with Crippen molar-refractivity contribution in [1.29, 1.82) is 0 Å². The molecular formula is C59H92O12. The van der Waals surface area contributed by atoms with Crippen LogP contribution in [-0.2, 0) is 42.9 Å². The quantitative estimate of drug-likeness (QED) is 0.0229. The number of unbranched alkanes of at least 4 members (excludes halogenated alkanes) is 12. The summed E-state index contributed by atoms with van der Waals surface area (Å²) >= 11 is 0. The summed E-state index contributed by atoms with van der Waals surface area (Å²) < 4.78 is 28.1. The summed E-state index contributed by atoms with van der Waals surface area (Å²) in [5, 5.41) is 31.3. The lowest BCUT2D eigenvalue weighted by Gasteiger charge is -2.40. The fraction of sp³-hybridized carbons (Fsp3) is 0.627. The van der Waals surface area contributed by atoms with E-state index in [4.69, 9.17) is 23.7 Å². The summed E-state index contributed by atoms with van der Waals surface area (Å²) in [6.07, 6.45) is 49.7. The second kappa shape index (κ2) is 46.5. The molecule has 0 aromatic rings. The van der Waals surface area contributed by atoms with E-state index in [0.29, 0.717) is 19.3 Å². The number of hydrogen-bond acceptors (Lipinski definition) is 11. The Labute approximate surface area is 427 Å². The molecule has 0 aromatic heterocycles. The highest BCUT2D eigenvalue weighted by Gasteiger charge is 2.50. The molecular weight excluding hydrogens is 901 g/mol. The fourth-order valence-corrected chi connectivity index (χ4v) is 7.31. The van der Waals surface area contributed by atoms with Gasteiger partial charge in [0.1, 0.15) is 18.8 Å². The Hall–Kier alpha value is -4.62. The van der Waals surface area contributed by atoms with Gasteiger partial charge in [0.15, 0.2) is 24.6 Å². The zero-order chi connectivity index (χ0) is 51.8. The van der Waals surface area contributed by atoms with E-state index in [0.717, 1.165) is 96.3 Å². The molecule has 0 aromatic carbocycles. The first-order valence-electron chi connectivity index (χ1n) is 26.9. The van der Waals surface area contributed by atoms with E-state index in [1.54, 1.807) is 12.2 Å². The Morgan fingerprint density at radius 2 is 0.930 bits per heavy atom. The number of esters is 3. The number of carboxylic acid groups (broad SMARTS) is 1. The van der Waals surface area contributed by atoms with Crippen LogP contribution >= 0.6 is 0 Å². The predicted octanol–water partition coefficient (Wildman–Crippen LogP) is 13.1. The fourth-order valence-electron chi connectivity index (χ4n) is 7.31. The van der Waals surface area contributed by atoms with Crippen LogP contribution in [0, 0.1) is 0 Å². The maximum Gasteiger partial charge on any atom is 0.335 e. The van der Waals surface area contributed by atoms with Crippen LogP contribution in [-0.4, -0.2) is 89.2 Å². The largest absolute Gasteiger partial charge is 0.479 e. The van der Waals surface area contributed by atoms with Gasteiger partial charge in [-0.15, -0.1) is 0 Å². The van der Waals surface area contributed by atoms with Gasteiger partial charge in [0.05, 0.1) is 13.0 Å². The molecule has 1 aliphatic heterocycles. The maximum atomic E-state index is 13.0. The third-order valence-electron chi connectivity index (χ3n) is 11.4. The number of ether oxygens (including phenoxy) is 5. The number of rotatable bonds is 43. The maximum absolute atomic E-state index is 13.0. The number of aliphatic carboxylic acids is 1. The molecule has 1 fully saturated rings. The standard InChI is InChI=1S/C59H92O12/c1-4-7-10-13-16-19-21-23-25-26-28-29-31-34-36-39-42-45-51(60)67-48-50(69-52(61)46-43-40-37-33-18-15-12-9-6-3)49-68-59-57(55(64)54(63)56(71-59)58(65)66)70-53(62)47-44-41-38-35-32-30-27-24-22-20-17-14-11-8-5-2/h7-8,10-11,16-17,19-20,23-25,27-29,32,35,41,44,50,54-57,59,63-64H,4-6,9,12-15,18,21-22,26,30-31,33-34,36-40,42-43,45-49H2,1-3H3,(H,65,66)/b10-7-,11-8-,19-16-,20-17-,25-23-,27-24-,29-28-,35-32-,44-41-. The van der Waals surface area contributed by atoms with Gasteiger partial charge in [0.25, 0.3) is 0 Å². The lowest BCUT2D eigenvalue weighted by Crippen LogP contribution is -2.61. The molecule has 1 saturated heterocycles. The molecule has 1 rings (SSSR count). The number of carbonyl (C=O) groups excluding carboxylic acids is 3. The van der Waals surface area contributed by atoms with Gasteiger partial charge >= 0.3 is 23.9 Å². The van der Waals surface area contributed by atoms with Crippen molar-refractivity contribution in [2.45, 2.75) is 225 Å². The third-order valence-corrected chi connectivity index (χ3v) is 11.4. The smallest absolute Gasteiger partial charge is 0.335 e. The number of allylic oxidation sites excluding steroid dienone is 17. The van der Waals surface area contributed by atoms with Gasteiger partial charge in [0.2, 0.25) is 0 Å². The van der Waals surface area contributed by atoms with E-state index in [-0.39, 0.29) is 25.9 Å². The number of hydrogen-bond donors (Lipinski definition) is 3. The Morgan fingerprint density at radius 1 is 0.493 bits per heavy atom. The Morgan fingerprint density at radius 3 is 1.42 bits per heavy atom. The molecule has 0 saturated carbocycles. The summed E-state index contributed by atoms with van der Waals surface area (Å²) in [5.41, 5.74) is 0. The molecule has 1 heterocycles. The van der Waals surface area contributed by atoms with Crippen LogP contribution in [0.25, 0.3) is 0 Å². The minimum atomic E-state index is -1.94. The van der Waals surface area contributed by atoms with Gasteiger partial charge < -0.3 is 39.0 Å². The highest BCUT2D eigenvalue weighted by atomic mass is 16.7. The highest BCUT2D eigenvalue weighted by Crippen LogP contribution is 2.26. The van der Waals surface area contributed by atoms with Crippen molar-refractivity contribution in [1.82, 2.24) is 0 Å². The second-order valence-electron chi connectivity index (χ2n) is 17.8. The zero-order valence-electron chi connectivity index (χ0n) is 43.7. The number of carboxylic acids is 1. The third kappa shape index (κ3) is 36.9. The topological polar surface area (TPSA) is 175 Å². The second-order valence-corrected chi connectivity index (χ2v) is 17.8. The van der Waals surface area contributed by atoms with Gasteiger partial charge in [-0.25, -0.2) is 4.79 Å². The number of aliphatic hydroxyl groups is 2. The van der Waals surface area contributed by atoms with Crippen LogP contribution in [0.3, 0.4) is 0 Å². The van der Waals surface area contributed by atoms with Crippen LogP contribution in [0.5, 0.6) is 0 Å². The number of aliphatic hydroxyl groups excluding tert-OH is 2. The van der Waals surface area contributed by atoms with Crippen molar-refractivity contribution in [3.63, 3.8) is 0 Å². The van der Waals surface area contributed by atoms with Crippen molar-refractivity contribution < 1.29 is 58.2 Å². The molecule has 0 radical (unpaired) electrons. The molecule has 0 spiro atoms. The van der Waals surface area contributed by atoms with E-state index < -0.39 is 67.3 Å². The van der Waals surface area contributed by atoms with Gasteiger partial charge in [-0.1, -0.05) is 194 Å². The van der Waals surface area contributed by atoms with Gasteiger partial charge in [0, 0.05) is 12.8 Å². The minimum absolute atomic E-state index is 0.142. The predicted molar refractivity (Wildman–Crippen MR) is 284 cm³/mol. The molecule has 12 heteroatoms. The first-order valence-corrected chi connectivity index (χ1v) is 26.9. The molecule has 400 valence electrons. The lowest BCUT2D eigenvalue weighted by molar-refractivity contribution is -0.301. The molecule has 0 bridgehead atoms. The highest BCUT2D eigenvalue weighted by molar-refractivity contribution is 5.74. The molecule has 3 N–H and O–H groups in total. The summed E-state index contributed by atoms with van der Waals surface area (Å²) in [6, 6.07) is 0. The van der Waals surface area contributed by atoms with Gasteiger partial charge in [-0.05, 0) is 83.5 Å². The van der Waals surface area contributed by atoms with E-state index in [2.05, 4.69) is 106 Å². The van der Waals surface area contributed by atoms with E-state index in [1.807, 2.05) is 12.2 Å². The van der Waals surface area contributed by atoms with Crippen LogP contribution in [0.1, 0.15) is 188 Å². The van der Waals surface area contributed by atoms with Gasteiger partial charge in [-0.3, -0.25) is 14.4 Å². The summed E-state index contributed by atoms with van der Waals surface area (Å²) in [5.74, 6) is -3.33. The van der Waals surface area contributed by atoms with Crippen molar-refractivity contribution >= 4 is 23.9 Å². The molecule has 6 unspecified atom stereocenters. The van der Waals surface area contributed by atoms with Crippen molar-refractivity contribution in [2.24, 2.45) is 0 Å². The minimum Gasteiger partial charge on any atom is -0.479 e. The SMILES string of the molecule is CC/C=C\C/C=C\C/C=C\C/C=C\C/C=C\CC(=O)OC1C(OCC(COC(=O)CCCCCC/C=C\C/C=C\C/C=C\C/C=C\CC)OC(=O)CCCCCCCCCCC)OC(C(=O)O)C(O)C1O. The Kier molecular flexibility index (Phi) is 42.1. The van der Waals surface area contributed by atoms with Crippen LogP contribution in [0.2, 0.25) is 0 Å². The molecule has 1 aliphatic rings. The first kappa shape index (κ1) is 64.4. The summed E-state index contributed by atoms with van der Waals surface area (Å²) in [4.78, 5) is 50.8. The van der Waals surface area contributed by atoms with Crippen molar-refractivity contribution in [3.05, 3.63) is 109 Å². The average molecular weight is 993 g/mol. The first-order chi connectivity index (χ1) is 34.6. The molecule has 6 atom stereocenters. The lowest BCUT2D eigenvalue weighted by atomic mass is 9.98. The molecule has 0 aliphatic carbocycles. The van der Waals surface area contributed by atoms with E-state index in [1.165, 1.54) is 32.1 Å².